The Labute approximate surface area is 189 Å². The molecule has 168 valence electrons. The molecule has 1 fully saturated rings. The van der Waals surface area contributed by atoms with E-state index in [4.69, 9.17) is 0 Å². The van der Waals surface area contributed by atoms with Gasteiger partial charge in [-0.2, -0.15) is 9.78 Å². The van der Waals surface area contributed by atoms with Gasteiger partial charge in [0.2, 0.25) is 0 Å². The van der Waals surface area contributed by atoms with Crippen LogP contribution in [0.3, 0.4) is 0 Å². The Balaban J connectivity index is 1.33. The molecule has 0 bridgehead atoms. The Bertz CT molecular complexity index is 1280. The minimum Gasteiger partial charge on any atom is -0.299 e. The predicted molar refractivity (Wildman–Crippen MR) is 121 cm³/mol. The Morgan fingerprint density at radius 1 is 1.03 bits per heavy atom. The number of nitrogens with zero attached hydrogens (tertiary/aromatic N) is 5. The maximum absolute atomic E-state index is 13.4. The first-order chi connectivity index (χ1) is 16.0. The maximum atomic E-state index is 13.4. The number of halogens is 2. The minimum absolute atomic E-state index is 0.102. The number of hydrogen-bond acceptors (Lipinski definition) is 5. The van der Waals surface area contributed by atoms with Crippen molar-refractivity contribution in [2.45, 2.75) is 25.3 Å². The van der Waals surface area contributed by atoms with Crippen LogP contribution in [0.15, 0.2) is 67.3 Å². The van der Waals surface area contributed by atoms with Crippen LogP contribution in [0.4, 0.5) is 19.4 Å². The van der Waals surface area contributed by atoms with Gasteiger partial charge in [0.05, 0.1) is 11.7 Å². The van der Waals surface area contributed by atoms with Crippen molar-refractivity contribution in [2.75, 3.05) is 18.4 Å². The molecule has 1 saturated heterocycles. The summed E-state index contributed by atoms with van der Waals surface area (Å²) in [5, 5.41) is 7.76. The quantitative estimate of drug-likeness (QED) is 0.485. The lowest BCUT2D eigenvalue weighted by molar-refractivity contribution is -0.0566. The second-order valence-electron chi connectivity index (χ2n) is 8.19. The summed E-state index contributed by atoms with van der Waals surface area (Å²) in [7, 11) is 0. The van der Waals surface area contributed by atoms with Crippen LogP contribution in [-0.2, 0) is 6.54 Å². The number of aromatic nitrogens is 4. The highest BCUT2D eigenvalue weighted by Crippen LogP contribution is 2.29. The topological polar surface area (TPSA) is 75.9 Å². The molecule has 0 aliphatic carbocycles. The highest BCUT2D eigenvalue weighted by atomic mass is 19.3. The van der Waals surface area contributed by atoms with E-state index in [1.54, 1.807) is 43.0 Å². The largest absolute Gasteiger partial charge is 0.348 e. The second kappa shape index (κ2) is 8.67. The van der Waals surface area contributed by atoms with Crippen LogP contribution in [0.1, 0.15) is 18.4 Å². The van der Waals surface area contributed by atoms with Gasteiger partial charge in [0, 0.05) is 62.0 Å². The molecule has 0 radical (unpaired) electrons. The number of carbonyl (C=O) groups excluding carboxylic acids is 1. The van der Waals surface area contributed by atoms with Gasteiger partial charge in [-0.15, -0.1) is 0 Å². The molecule has 0 unspecified atom stereocenters. The molecule has 1 N–H and O–H groups in total. The minimum atomic E-state index is -2.55. The third kappa shape index (κ3) is 4.73. The molecule has 1 amide bonds. The maximum Gasteiger partial charge on any atom is 0.348 e. The van der Waals surface area contributed by atoms with E-state index in [2.05, 4.69) is 20.4 Å². The van der Waals surface area contributed by atoms with Gasteiger partial charge in [-0.25, -0.2) is 18.6 Å². The third-order valence-electron chi connectivity index (χ3n) is 5.78. The Morgan fingerprint density at radius 3 is 2.67 bits per heavy atom. The van der Waals surface area contributed by atoms with Crippen LogP contribution in [0.25, 0.3) is 22.0 Å². The number of nitrogens with one attached hydrogen (secondary N) is 1. The monoisotopic (exact) mass is 448 g/mol. The van der Waals surface area contributed by atoms with Crippen molar-refractivity contribution in [3.63, 3.8) is 0 Å². The normalized spacial score (nSPS) is 16.1. The molecule has 3 aromatic heterocycles. The fraction of sp³-hybridized carbons (Fsp3) is 0.250. The number of amides is 1. The average molecular weight is 448 g/mol. The lowest BCUT2D eigenvalue weighted by atomic mass is 10.0. The van der Waals surface area contributed by atoms with Crippen LogP contribution in [0.2, 0.25) is 0 Å². The zero-order valence-corrected chi connectivity index (χ0v) is 17.8. The van der Waals surface area contributed by atoms with Crippen LogP contribution in [0, 0.1) is 0 Å². The van der Waals surface area contributed by atoms with E-state index < -0.39 is 12.0 Å². The number of fused-ring (bicyclic) bond motifs is 1. The number of benzene rings is 1. The smallest absolute Gasteiger partial charge is 0.299 e. The van der Waals surface area contributed by atoms with Gasteiger partial charge >= 0.3 is 6.03 Å². The lowest BCUT2D eigenvalue weighted by Crippen LogP contribution is -2.38. The van der Waals surface area contributed by atoms with E-state index >= 15 is 0 Å². The van der Waals surface area contributed by atoms with Gasteiger partial charge in [0.1, 0.15) is 5.82 Å². The Kier molecular flexibility index (Phi) is 5.55. The molecule has 0 saturated carbocycles. The summed E-state index contributed by atoms with van der Waals surface area (Å²) in [6.45, 7) is 1.34. The molecule has 5 rings (SSSR count). The summed E-state index contributed by atoms with van der Waals surface area (Å²) in [5.41, 5.74) is 3.50. The standard InChI is InChI=1S/C24H22F2N6O/c25-24(26)6-9-31(10-7-24)16-17-11-19(14-27-13-17)18-4-5-21-20(12-18)15-29-32(21)23(33)30-22-3-1-2-8-28-22/h1-5,8,11-15H,6-7,9-10,16H2,(H,28,30,33). The molecule has 33 heavy (non-hydrogen) atoms. The van der Waals surface area contributed by atoms with Gasteiger partial charge in [-0.3, -0.25) is 15.2 Å². The molecule has 7 nitrogen and oxygen atoms in total. The van der Waals surface area contributed by atoms with Crippen molar-refractivity contribution in [3.05, 3.63) is 72.8 Å². The van der Waals surface area contributed by atoms with Gasteiger partial charge in [-0.1, -0.05) is 12.1 Å². The number of pyridine rings is 2. The average Bonchev–Trinajstić information content (AvgIpc) is 3.25. The summed E-state index contributed by atoms with van der Waals surface area (Å²) in [6.07, 6.45) is 6.58. The van der Waals surface area contributed by atoms with Gasteiger partial charge in [-0.05, 0) is 41.5 Å². The van der Waals surface area contributed by atoms with Crippen molar-refractivity contribution < 1.29 is 13.6 Å². The molecule has 4 aromatic rings. The first kappa shape index (κ1) is 21.1. The number of hydrogen-bond donors (Lipinski definition) is 1. The van der Waals surface area contributed by atoms with Crippen molar-refractivity contribution in [1.29, 1.82) is 0 Å². The van der Waals surface area contributed by atoms with Gasteiger partial charge in [0.25, 0.3) is 5.92 Å². The first-order valence-electron chi connectivity index (χ1n) is 10.7. The van der Waals surface area contributed by atoms with E-state index in [0.29, 0.717) is 31.0 Å². The summed E-state index contributed by atoms with van der Waals surface area (Å²) < 4.78 is 28.1. The number of rotatable bonds is 4. The van der Waals surface area contributed by atoms with Crippen molar-refractivity contribution in [3.8, 4) is 11.1 Å². The molecule has 0 spiro atoms. The molecule has 1 aromatic carbocycles. The molecule has 0 atom stereocenters. The lowest BCUT2D eigenvalue weighted by Gasteiger charge is -2.31. The summed E-state index contributed by atoms with van der Waals surface area (Å²) in [4.78, 5) is 23.1. The number of piperidine rings is 1. The van der Waals surface area contributed by atoms with Gasteiger partial charge < -0.3 is 0 Å². The zero-order valence-electron chi connectivity index (χ0n) is 17.8. The predicted octanol–water partition coefficient (Wildman–Crippen LogP) is 4.80. The van der Waals surface area contributed by atoms with Crippen molar-refractivity contribution in [2.24, 2.45) is 0 Å². The third-order valence-corrected chi connectivity index (χ3v) is 5.78. The summed E-state index contributed by atoms with van der Waals surface area (Å²) in [5.74, 6) is -2.10. The molecule has 9 heteroatoms. The van der Waals surface area contributed by atoms with Crippen molar-refractivity contribution >= 4 is 22.8 Å². The van der Waals surface area contributed by atoms with E-state index in [1.807, 2.05) is 29.2 Å². The SMILES string of the molecule is O=C(Nc1ccccn1)n1ncc2cc(-c3cncc(CN4CCC(F)(F)CC4)c3)ccc21. The zero-order chi connectivity index (χ0) is 22.8. The molecular weight excluding hydrogens is 426 g/mol. The van der Waals surface area contributed by atoms with Crippen LogP contribution < -0.4 is 5.32 Å². The Hall–Kier alpha value is -3.72. The van der Waals surface area contributed by atoms with E-state index in [9.17, 15) is 13.6 Å². The molecule has 1 aliphatic rings. The molecule has 4 heterocycles. The van der Waals surface area contributed by atoms with E-state index in [0.717, 1.165) is 22.1 Å². The number of carbonyl (C=O) groups is 1. The van der Waals surface area contributed by atoms with E-state index in [1.165, 1.54) is 4.68 Å². The van der Waals surface area contributed by atoms with Crippen molar-refractivity contribution in [1.82, 2.24) is 24.6 Å². The number of alkyl halides is 2. The van der Waals surface area contributed by atoms with E-state index in [-0.39, 0.29) is 12.8 Å². The molecular formula is C24H22F2N6O. The van der Waals surface area contributed by atoms with Crippen LogP contribution in [-0.4, -0.2) is 49.7 Å². The second-order valence-corrected chi connectivity index (χ2v) is 8.19. The fourth-order valence-electron chi connectivity index (χ4n) is 4.00. The molecule has 1 aliphatic heterocycles. The van der Waals surface area contributed by atoms with Gasteiger partial charge in [0.15, 0.2) is 0 Å². The summed E-state index contributed by atoms with van der Waals surface area (Å²) >= 11 is 0. The highest BCUT2D eigenvalue weighted by molar-refractivity contribution is 5.97. The van der Waals surface area contributed by atoms with Crippen LogP contribution in [0.5, 0.6) is 0 Å². The summed E-state index contributed by atoms with van der Waals surface area (Å²) in [6, 6.07) is 12.6. The first-order valence-corrected chi connectivity index (χ1v) is 10.7. The Morgan fingerprint density at radius 2 is 1.88 bits per heavy atom. The number of anilines is 1. The highest BCUT2D eigenvalue weighted by Gasteiger charge is 2.33. The number of likely N-dealkylation sites (tertiary alicyclic amines) is 1. The van der Waals surface area contributed by atoms with Crippen LogP contribution >= 0.6 is 0 Å². The fourth-order valence-corrected chi connectivity index (χ4v) is 4.00.